The smallest absolute Gasteiger partial charge is 0.246 e. The van der Waals surface area contributed by atoms with Gasteiger partial charge >= 0.3 is 0 Å². The van der Waals surface area contributed by atoms with E-state index in [1.54, 1.807) is 25.6 Å². The molecule has 1 N–H and O–H groups in total. The molecule has 2 atom stereocenters. The maximum Gasteiger partial charge on any atom is 0.246 e. The monoisotopic (exact) mass is 319 g/mol. The Hall–Kier alpha value is -0.500. The quantitative estimate of drug-likeness (QED) is 0.921. The molecule has 0 radical (unpaired) electrons. The van der Waals surface area contributed by atoms with Crippen LogP contribution < -0.4 is 0 Å². The molecule has 5 nitrogen and oxygen atoms in total. The molecule has 1 aromatic heterocycles. The number of hydrogen-bond donors (Lipinski definition) is 1. The lowest BCUT2D eigenvalue weighted by atomic mass is 10.2. The topological polar surface area (TPSA) is 70.8 Å². The number of rotatable bonds is 3. The minimum Gasteiger partial charge on any atom is -0.465 e. The van der Waals surface area contributed by atoms with Crippen LogP contribution in [0.15, 0.2) is 9.31 Å². The van der Waals surface area contributed by atoms with Crippen molar-refractivity contribution in [2.45, 2.75) is 49.7 Å². The molecule has 0 spiro atoms. The van der Waals surface area contributed by atoms with Gasteiger partial charge in [0.15, 0.2) is 0 Å². The third-order valence-corrected chi connectivity index (χ3v) is 6.72. The van der Waals surface area contributed by atoms with E-state index in [0.29, 0.717) is 30.2 Å². The van der Waals surface area contributed by atoms with Crippen molar-refractivity contribution in [3.63, 3.8) is 0 Å². The van der Waals surface area contributed by atoms with Gasteiger partial charge in [-0.05, 0) is 13.8 Å². The predicted molar refractivity (Wildman–Crippen MR) is 79.4 cm³/mol. The SMILES string of the molecule is Cc1oc(C)c(S(=O)(=O)N2CC(C)SC(C)C2)c1CO. The maximum absolute atomic E-state index is 12.8. The van der Waals surface area contributed by atoms with Crippen molar-refractivity contribution in [2.24, 2.45) is 0 Å². The molecular weight excluding hydrogens is 298 g/mol. The lowest BCUT2D eigenvalue weighted by molar-refractivity contribution is 0.276. The summed E-state index contributed by atoms with van der Waals surface area (Å²) in [6.07, 6.45) is 0. The second-order valence-corrected chi connectivity index (χ2v) is 9.02. The average Bonchev–Trinajstić information content (AvgIpc) is 2.62. The van der Waals surface area contributed by atoms with E-state index < -0.39 is 10.0 Å². The van der Waals surface area contributed by atoms with Crippen LogP contribution in [0.2, 0.25) is 0 Å². The highest BCUT2D eigenvalue weighted by atomic mass is 32.2. The molecule has 1 fully saturated rings. The van der Waals surface area contributed by atoms with E-state index >= 15 is 0 Å². The van der Waals surface area contributed by atoms with E-state index in [-0.39, 0.29) is 22.0 Å². The number of hydrogen-bond acceptors (Lipinski definition) is 5. The normalized spacial score (nSPS) is 25.1. The van der Waals surface area contributed by atoms with Gasteiger partial charge in [0, 0.05) is 29.2 Å². The molecule has 2 rings (SSSR count). The van der Waals surface area contributed by atoms with Crippen LogP contribution in [-0.2, 0) is 16.6 Å². The highest BCUT2D eigenvalue weighted by molar-refractivity contribution is 8.00. The van der Waals surface area contributed by atoms with Crippen molar-refractivity contribution >= 4 is 21.8 Å². The lowest BCUT2D eigenvalue weighted by Gasteiger charge is -2.33. The number of aliphatic hydroxyl groups is 1. The van der Waals surface area contributed by atoms with Gasteiger partial charge in [-0.25, -0.2) is 8.42 Å². The fraction of sp³-hybridized carbons (Fsp3) is 0.692. The lowest BCUT2D eigenvalue weighted by Crippen LogP contribution is -2.44. The molecule has 1 aliphatic rings. The molecule has 1 aromatic rings. The van der Waals surface area contributed by atoms with Crippen LogP contribution in [0.3, 0.4) is 0 Å². The van der Waals surface area contributed by atoms with Crippen LogP contribution in [0.1, 0.15) is 30.9 Å². The van der Waals surface area contributed by atoms with Gasteiger partial charge in [-0.15, -0.1) is 0 Å². The van der Waals surface area contributed by atoms with Crippen LogP contribution in [0, 0.1) is 13.8 Å². The summed E-state index contributed by atoms with van der Waals surface area (Å²) in [6, 6.07) is 0. The highest BCUT2D eigenvalue weighted by Crippen LogP contribution is 2.33. The van der Waals surface area contributed by atoms with E-state index in [2.05, 4.69) is 0 Å². The van der Waals surface area contributed by atoms with Gasteiger partial charge in [0.05, 0.1) is 6.61 Å². The third-order valence-electron chi connectivity index (χ3n) is 3.47. The Morgan fingerprint density at radius 1 is 1.25 bits per heavy atom. The molecule has 1 saturated heterocycles. The first-order chi connectivity index (χ1) is 9.27. The summed E-state index contributed by atoms with van der Waals surface area (Å²) in [5, 5.41) is 9.96. The summed E-state index contributed by atoms with van der Waals surface area (Å²) in [7, 11) is -3.61. The summed E-state index contributed by atoms with van der Waals surface area (Å²) in [5.74, 6) is 0.820. The van der Waals surface area contributed by atoms with E-state index in [1.165, 1.54) is 4.31 Å². The number of furan rings is 1. The molecule has 1 aliphatic heterocycles. The maximum atomic E-state index is 12.8. The summed E-state index contributed by atoms with van der Waals surface area (Å²) in [5.41, 5.74) is 0.376. The van der Waals surface area contributed by atoms with Crippen molar-refractivity contribution in [1.82, 2.24) is 4.31 Å². The summed E-state index contributed by atoms with van der Waals surface area (Å²) in [4.78, 5) is 0.142. The van der Waals surface area contributed by atoms with E-state index in [0.717, 1.165) is 0 Å². The first kappa shape index (κ1) is 15.9. The number of sulfonamides is 1. The Kier molecular flexibility index (Phi) is 4.53. The molecule has 114 valence electrons. The van der Waals surface area contributed by atoms with Crippen molar-refractivity contribution < 1.29 is 17.9 Å². The Morgan fingerprint density at radius 2 is 1.80 bits per heavy atom. The molecule has 2 heterocycles. The molecule has 0 saturated carbocycles. The van der Waals surface area contributed by atoms with Crippen molar-refractivity contribution in [2.75, 3.05) is 13.1 Å². The third kappa shape index (κ3) is 2.77. The standard InChI is InChI=1S/C13H21NO4S2/c1-8-5-14(6-9(2)19-8)20(16,17)13-11(4)18-10(3)12(13)7-15/h8-9,15H,5-7H2,1-4H3. The molecule has 0 aliphatic carbocycles. The van der Waals surface area contributed by atoms with Gasteiger partial charge in [0.25, 0.3) is 0 Å². The van der Waals surface area contributed by atoms with Gasteiger partial charge in [0.1, 0.15) is 16.4 Å². The van der Waals surface area contributed by atoms with Gasteiger partial charge < -0.3 is 9.52 Å². The zero-order chi connectivity index (χ0) is 15.1. The second kappa shape index (κ2) is 5.71. The van der Waals surface area contributed by atoms with Gasteiger partial charge in [-0.3, -0.25) is 0 Å². The zero-order valence-electron chi connectivity index (χ0n) is 12.2. The van der Waals surface area contributed by atoms with Crippen molar-refractivity contribution in [1.29, 1.82) is 0 Å². The largest absolute Gasteiger partial charge is 0.465 e. The Bertz CT molecular complexity index is 584. The molecule has 7 heteroatoms. The fourth-order valence-corrected chi connectivity index (χ4v) is 6.22. The number of nitrogens with zero attached hydrogens (tertiary/aromatic N) is 1. The number of aliphatic hydroxyl groups excluding tert-OH is 1. The number of aryl methyl sites for hydroxylation is 2. The van der Waals surface area contributed by atoms with E-state index in [1.807, 2.05) is 13.8 Å². The zero-order valence-corrected chi connectivity index (χ0v) is 13.8. The predicted octanol–water partition coefficient (Wildman–Crippen LogP) is 1.90. The van der Waals surface area contributed by atoms with E-state index in [9.17, 15) is 13.5 Å². The van der Waals surface area contributed by atoms with Crippen molar-refractivity contribution in [3.05, 3.63) is 17.1 Å². The first-order valence-corrected chi connectivity index (χ1v) is 9.01. The van der Waals surface area contributed by atoms with E-state index in [4.69, 9.17) is 4.42 Å². The minimum atomic E-state index is -3.61. The van der Waals surface area contributed by atoms with Gasteiger partial charge in [-0.2, -0.15) is 16.1 Å². The van der Waals surface area contributed by atoms with Crippen molar-refractivity contribution in [3.8, 4) is 0 Å². The molecule has 0 amide bonds. The van der Waals surface area contributed by atoms with Crippen LogP contribution >= 0.6 is 11.8 Å². The van der Waals surface area contributed by atoms with Crippen LogP contribution in [-0.4, -0.2) is 41.4 Å². The van der Waals surface area contributed by atoms with Crippen LogP contribution in [0.5, 0.6) is 0 Å². The molecular formula is C13H21NO4S2. The van der Waals surface area contributed by atoms with Crippen LogP contribution in [0.25, 0.3) is 0 Å². The second-order valence-electron chi connectivity index (χ2n) is 5.26. The summed E-state index contributed by atoms with van der Waals surface area (Å²) >= 11 is 1.80. The average molecular weight is 319 g/mol. The first-order valence-electron chi connectivity index (χ1n) is 6.62. The van der Waals surface area contributed by atoms with Gasteiger partial charge in [0.2, 0.25) is 10.0 Å². The Labute approximate surface area is 124 Å². The number of thioether (sulfide) groups is 1. The van der Waals surface area contributed by atoms with Crippen LogP contribution in [0.4, 0.5) is 0 Å². The minimum absolute atomic E-state index is 0.142. The molecule has 0 aromatic carbocycles. The Morgan fingerprint density at radius 3 is 2.30 bits per heavy atom. The summed E-state index contributed by atoms with van der Waals surface area (Å²) in [6.45, 7) is 8.02. The highest BCUT2D eigenvalue weighted by Gasteiger charge is 2.36. The Balaban J connectivity index is 2.45. The molecule has 2 unspecified atom stereocenters. The molecule has 0 bridgehead atoms. The molecule has 20 heavy (non-hydrogen) atoms. The fourth-order valence-electron chi connectivity index (χ4n) is 2.69. The van der Waals surface area contributed by atoms with Gasteiger partial charge in [-0.1, -0.05) is 13.8 Å². The summed E-state index contributed by atoms with van der Waals surface area (Å²) < 4.78 is 32.6.